The van der Waals surface area contributed by atoms with Crippen LogP contribution in [0.5, 0.6) is 5.75 Å². The van der Waals surface area contributed by atoms with Crippen molar-refractivity contribution in [2.75, 3.05) is 19.8 Å². The molecule has 0 amide bonds. The Kier molecular flexibility index (Phi) is 4.22. The maximum absolute atomic E-state index is 5.98. The van der Waals surface area contributed by atoms with Crippen LogP contribution in [-0.4, -0.2) is 25.5 Å². The molecule has 0 spiro atoms. The first-order valence-corrected chi connectivity index (χ1v) is 6.42. The number of hydrogen-bond donors (Lipinski definition) is 1. The van der Waals surface area contributed by atoms with Crippen LogP contribution in [0.25, 0.3) is 0 Å². The lowest BCUT2D eigenvalue weighted by Crippen LogP contribution is -2.29. The number of ether oxygens (including phenoxy) is 3. The summed E-state index contributed by atoms with van der Waals surface area (Å²) < 4.78 is 17.3. The summed E-state index contributed by atoms with van der Waals surface area (Å²) in [5.41, 5.74) is 6.61. The van der Waals surface area contributed by atoms with Crippen LogP contribution in [0.3, 0.4) is 0 Å². The van der Waals surface area contributed by atoms with Gasteiger partial charge in [0.15, 0.2) is 5.79 Å². The molecule has 1 aliphatic rings. The Bertz CT molecular complexity index is 396. The monoisotopic (exact) mass is 251 g/mol. The van der Waals surface area contributed by atoms with Crippen molar-refractivity contribution < 1.29 is 14.2 Å². The molecule has 0 aliphatic carbocycles. The molecule has 4 heteroatoms. The van der Waals surface area contributed by atoms with E-state index in [9.17, 15) is 0 Å². The number of nitrogens with two attached hydrogens (primary N) is 1. The van der Waals surface area contributed by atoms with E-state index >= 15 is 0 Å². The topological polar surface area (TPSA) is 53.7 Å². The Labute approximate surface area is 108 Å². The molecule has 4 nitrogen and oxygen atoms in total. The second-order valence-electron chi connectivity index (χ2n) is 4.56. The molecule has 1 aromatic rings. The van der Waals surface area contributed by atoms with Crippen molar-refractivity contribution in [1.29, 1.82) is 0 Å². The Morgan fingerprint density at radius 3 is 2.94 bits per heavy atom. The summed E-state index contributed by atoms with van der Waals surface area (Å²) in [6.07, 6.45) is 0.615. The van der Waals surface area contributed by atoms with Crippen molar-refractivity contribution in [3.63, 3.8) is 0 Å². The normalized spacial score (nSPS) is 27.4. The van der Waals surface area contributed by atoms with Gasteiger partial charge in [-0.2, -0.15) is 0 Å². The van der Waals surface area contributed by atoms with E-state index in [1.165, 1.54) is 0 Å². The van der Waals surface area contributed by atoms with Crippen LogP contribution in [0, 0.1) is 0 Å². The van der Waals surface area contributed by atoms with E-state index in [-0.39, 0.29) is 6.10 Å². The molecule has 1 aromatic carbocycles. The third-order valence-electron chi connectivity index (χ3n) is 3.10. The molecule has 1 heterocycles. The van der Waals surface area contributed by atoms with E-state index in [2.05, 4.69) is 0 Å². The van der Waals surface area contributed by atoms with E-state index in [0.29, 0.717) is 26.2 Å². The van der Waals surface area contributed by atoms with Gasteiger partial charge in [-0.05, 0) is 26.5 Å². The second-order valence-corrected chi connectivity index (χ2v) is 4.56. The quantitative estimate of drug-likeness (QED) is 0.872. The average Bonchev–Trinajstić information content (AvgIpc) is 2.73. The predicted octanol–water partition coefficient (Wildman–Crippen LogP) is 2.24. The van der Waals surface area contributed by atoms with Crippen molar-refractivity contribution in [3.8, 4) is 5.75 Å². The van der Waals surface area contributed by atoms with Gasteiger partial charge >= 0.3 is 0 Å². The van der Waals surface area contributed by atoms with Crippen LogP contribution < -0.4 is 10.5 Å². The Morgan fingerprint density at radius 2 is 2.22 bits per heavy atom. The van der Waals surface area contributed by atoms with Crippen LogP contribution in [0.4, 0.5) is 0 Å². The van der Waals surface area contributed by atoms with Crippen molar-refractivity contribution in [3.05, 3.63) is 29.8 Å². The summed E-state index contributed by atoms with van der Waals surface area (Å²) in [6.45, 7) is 5.64. The summed E-state index contributed by atoms with van der Waals surface area (Å²) in [7, 11) is 0. The van der Waals surface area contributed by atoms with Crippen molar-refractivity contribution in [2.45, 2.75) is 32.2 Å². The second kappa shape index (κ2) is 5.69. The summed E-state index contributed by atoms with van der Waals surface area (Å²) in [5.74, 6) is 0.296. The highest BCUT2D eigenvalue weighted by molar-refractivity contribution is 5.35. The molecule has 1 aliphatic heterocycles. The van der Waals surface area contributed by atoms with Gasteiger partial charge in [-0.25, -0.2) is 0 Å². The number of hydrogen-bond acceptors (Lipinski definition) is 4. The highest BCUT2D eigenvalue weighted by atomic mass is 16.7. The molecule has 1 fully saturated rings. The number of rotatable bonds is 5. The van der Waals surface area contributed by atoms with E-state index in [1.807, 2.05) is 38.1 Å². The van der Waals surface area contributed by atoms with Gasteiger partial charge in [0.25, 0.3) is 0 Å². The van der Waals surface area contributed by atoms with Crippen LogP contribution in [0.1, 0.15) is 31.9 Å². The molecule has 0 aromatic heterocycles. The van der Waals surface area contributed by atoms with Gasteiger partial charge in [-0.1, -0.05) is 18.2 Å². The summed E-state index contributed by atoms with van der Waals surface area (Å²) >= 11 is 0. The van der Waals surface area contributed by atoms with E-state index in [1.54, 1.807) is 0 Å². The molecule has 0 saturated carbocycles. The minimum atomic E-state index is -0.571. The number of para-hydroxylation sites is 1. The van der Waals surface area contributed by atoms with Crippen LogP contribution in [-0.2, 0) is 9.47 Å². The first-order valence-electron chi connectivity index (χ1n) is 6.42. The third kappa shape index (κ3) is 2.83. The standard InChI is InChI=1S/C14H21NO3/c1-3-16-12-7-5-4-6-11(12)13-10-17-14(2,18-13)8-9-15/h4-7,13H,3,8-10,15H2,1-2H3. The smallest absolute Gasteiger partial charge is 0.167 e. The maximum atomic E-state index is 5.98. The molecule has 0 radical (unpaired) electrons. The zero-order valence-corrected chi connectivity index (χ0v) is 11.0. The molecule has 1 saturated heterocycles. The Hall–Kier alpha value is -1.10. The van der Waals surface area contributed by atoms with E-state index in [0.717, 1.165) is 11.3 Å². The molecule has 2 rings (SSSR count). The molecular formula is C14H21NO3. The van der Waals surface area contributed by atoms with Gasteiger partial charge in [0, 0.05) is 12.0 Å². The van der Waals surface area contributed by atoms with Crippen molar-refractivity contribution in [2.24, 2.45) is 5.73 Å². The average molecular weight is 251 g/mol. The predicted molar refractivity (Wildman–Crippen MR) is 69.5 cm³/mol. The lowest BCUT2D eigenvalue weighted by atomic mass is 10.1. The summed E-state index contributed by atoms with van der Waals surface area (Å²) in [6, 6.07) is 7.93. The van der Waals surface area contributed by atoms with Gasteiger partial charge in [0.2, 0.25) is 0 Å². The largest absolute Gasteiger partial charge is 0.493 e. The SMILES string of the molecule is CCOc1ccccc1C1COC(C)(CCN)O1. The van der Waals surface area contributed by atoms with Gasteiger partial charge in [-0.3, -0.25) is 0 Å². The molecule has 2 N–H and O–H groups in total. The number of benzene rings is 1. The minimum Gasteiger partial charge on any atom is -0.493 e. The highest BCUT2D eigenvalue weighted by Crippen LogP contribution is 2.38. The third-order valence-corrected chi connectivity index (χ3v) is 3.10. The molecular weight excluding hydrogens is 230 g/mol. The maximum Gasteiger partial charge on any atom is 0.167 e. The zero-order chi connectivity index (χ0) is 13.0. The summed E-state index contributed by atoms with van der Waals surface area (Å²) in [4.78, 5) is 0. The molecule has 2 atom stereocenters. The Balaban J connectivity index is 2.13. The van der Waals surface area contributed by atoms with Gasteiger partial charge in [0.1, 0.15) is 11.9 Å². The van der Waals surface area contributed by atoms with E-state index < -0.39 is 5.79 Å². The minimum absolute atomic E-state index is 0.0794. The zero-order valence-electron chi connectivity index (χ0n) is 11.0. The molecule has 18 heavy (non-hydrogen) atoms. The Morgan fingerprint density at radius 1 is 1.44 bits per heavy atom. The van der Waals surface area contributed by atoms with Crippen molar-refractivity contribution >= 4 is 0 Å². The molecule has 100 valence electrons. The molecule has 0 bridgehead atoms. The first kappa shape index (κ1) is 13.3. The lowest BCUT2D eigenvalue weighted by molar-refractivity contribution is -0.157. The first-order chi connectivity index (χ1) is 8.68. The van der Waals surface area contributed by atoms with Crippen molar-refractivity contribution in [1.82, 2.24) is 0 Å². The van der Waals surface area contributed by atoms with E-state index in [4.69, 9.17) is 19.9 Å². The lowest BCUT2D eigenvalue weighted by Gasteiger charge is -2.23. The molecule has 2 unspecified atom stereocenters. The van der Waals surface area contributed by atoms with Crippen LogP contribution in [0.2, 0.25) is 0 Å². The fourth-order valence-corrected chi connectivity index (χ4v) is 2.20. The van der Waals surface area contributed by atoms with Gasteiger partial charge in [0.05, 0.1) is 13.2 Å². The van der Waals surface area contributed by atoms with Gasteiger partial charge < -0.3 is 19.9 Å². The van der Waals surface area contributed by atoms with Crippen LogP contribution in [0.15, 0.2) is 24.3 Å². The fraction of sp³-hybridized carbons (Fsp3) is 0.571. The summed E-state index contributed by atoms with van der Waals surface area (Å²) in [5, 5.41) is 0. The highest BCUT2D eigenvalue weighted by Gasteiger charge is 2.38. The fourth-order valence-electron chi connectivity index (χ4n) is 2.20. The van der Waals surface area contributed by atoms with Gasteiger partial charge in [-0.15, -0.1) is 0 Å². The van der Waals surface area contributed by atoms with Crippen LogP contribution >= 0.6 is 0 Å².